The van der Waals surface area contributed by atoms with Crippen LogP contribution in [-0.2, 0) is 11.2 Å². The molecule has 2 rings (SSSR count). The third-order valence-corrected chi connectivity index (χ3v) is 2.56. The van der Waals surface area contributed by atoms with Gasteiger partial charge >= 0.3 is 6.09 Å². The summed E-state index contributed by atoms with van der Waals surface area (Å²) < 4.78 is 5.38. The fraction of sp³-hybridized carbons (Fsp3) is 0.538. The highest BCUT2D eigenvalue weighted by molar-refractivity contribution is 5.90. The quantitative estimate of drug-likeness (QED) is 0.693. The molecule has 0 N–H and O–H groups in total. The Morgan fingerprint density at radius 2 is 2.18 bits per heavy atom. The predicted molar refractivity (Wildman–Crippen MR) is 66.3 cm³/mol. The Hall–Kier alpha value is -1.58. The number of hydrogen-bond donors (Lipinski definition) is 0. The molecule has 0 aromatic carbocycles. The summed E-state index contributed by atoms with van der Waals surface area (Å²) in [5.41, 5.74) is 2.46. The maximum Gasteiger partial charge on any atom is 0.414 e. The Morgan fingerprint density at radius 1 is 1.47 bits per heavy atom. The van der Waals surface area contributed by atoms with Crippen LogP contribution in [0.5, 0.6) is 0 Å². The van der Waals surface area contributed by atoms with Crippen molar-refractivity contribution in [3.8, 4) is 0 Å². The molecule has 0 atom stereocenters. The zero-order valence-corrected chi connectivity index (χ0v) is 10.8. The number of carbonyl (C=O) groups is 1. The second-order valence-corrected chi connectivity index (χ2v) is 5.36. The topological polar surface area (TPSA) is 42.4 Å². The molecule has 92 valence electrons. The highest BCUT2D eigenvalue weighted by Gasteiger charge is 2.29. The number of aromatic nitrogens is 1. The van der Waals surface area contributed by atoms with Gasteiger partial charge in [-0.3, -0.25) is 9.88 Å². The van der Waals surface area contributed by atoms with Crippen molar-refractivity contribution in [3.63, 3.8) is 0 Å². The van der Waals surface area contributed by atoms with E-state index < -0.39 is 5.60 Å². The summed E-state index contributed by atoms with van der Waals surface area (Å²) in [5.74, 6) is 0. The monoisotopic (exact) mass is 234 g/mol. The predicted octanol–water partition coefficient (Wildman–Crippen LogP) is 2.69. The second-order valence-electron chi connectivity index (χ2n) is 5.36. The Balaban J connectivity index is 2.22. The van der Waals surface area contributed by atoms with Crippen LogP contribution in [0.15, 0.2) is 12.3 Å². The number of carbonyl (C=O) groups excluding carboxylic acids is 1. The smallest absolute Gasteiger partial charge is 0.414 e. The fourth-order valence-corrected chi connectivity index (χ4v) is 1.85. The SMILES string of the molecule is Cc1cnc2c(c1)N(C(=O)OC(C)(C)C)CC2. The highest BCUT2D eigenvalue weighted by Crippen LogP contribution is 2.28. The average molecular weight is 234 g/mol. The van der Waals surface area contributed by atoms with Crippen molar-refractivity contribution in [2.45, 2.75) is 39.7 Å². The van der Waals surface area contributed by atoms with E-state index >= 15 is 0 Å². The third-order valence-electron chi connectivity index (χ3n) is 2.56. The zero-order valence-electron chi connectivity index (χ0n) is 10.8. The van der Waals surface area contributed by atoms with Gasteiger partial charge in [-0.1, -0.05) is 0 Å². The van der Waals surface area contributed by atoms with Crippen molar-refractivity contribution >= 4 is 11.8 Å². The average Bonchev–Trinajstić information content (AvgIpc) is 2.57. The largest absolute Gasteiger partial charge is 0.443 e. The minimum Gasteiger partial charge on any atom is -0.443 e. The molecule has 0 radical (unpaired) electrons. The van der Waals surface area contributed by atoms with Crippen LogP contribution in [0.2, 0.25) is 0 Å². The van der Waals surface area contributed by atoms with Gasteiger partial charge in [0.15, 0.2) is 0 Å². The van der Waals surface area contributed by atoms with Gasteiger partial charge in [-0.15, -0.1) is 0 Å². The molecule has 0 bridgehead atoms. The first-order chi connectivity index (χ1) is 7.87. The molecule has 2 heterocycles. The van der Waals surface area contributed by atoms with Gasteiger partial charge in [0, 0.05) is 19.2 Å². The van der Waals surface area contributed by atoms with Gasteiger partial charge in [-0.2, -0.15) is 0 Å². The van der Waals surface area contributed by atoms with E-state index in [0.717, 1.165) is 23.4 Å². The number of aryl methyl sites for hydroxylation is 1. The Kier molecular flexibility index (Phi) is 2.81. The van der Waals surface area contributed by atoms with Gasteiger partial charge in [0.25, 0.3) is 0 Å². The summed E-state index contributed by atoms with van der Waals surface area (Å²) in [6, 6.07) is 1.99. The number of ether oxygens (including phenoxy) is 1. The van der Waals surface area contributed by atoms with Crippen molar-refractivity contribution in [1.82, 2.24) is 4.98 Å². The second kappa shape index (κ2) is 4.02. The number of hydrogen-bond acceptors (Lipinski definition) is 3. The number of rotatable bonds is 0. The Bertz CT molecular complexity index is 449. The molecule has 0 spiro atoms. The molecule has 4 heteroatoms. The van der Waals surface area contributed by atoms with Crippen LogP contribution in [0.4, 0.5) is 10.5 Å². The van der Waals surface area contributed by atoms with Crippen LogP contribution < -0.4 is 4.90 Å². The lowest BCUT2D eigenvalue weighted by Gasteiger charge is -2.24. The number of fused-ring (bicyclic) bond motifs is 1. The van der Waals surface area contributed by atoms with Crippen molar-refractivity contribution in [2.24, 2.45) is 0 Å². The van der Waals surface area contributed by atoms with E-state index in [2.05, 4.69) is 4.98 Å². The molecule has 1 amide bonds. The van der Waals surface area contributed by atoms with Crippen LogP contribution in [0.25, 0.3) is 0 Å². The van der Waals surface area contributed by atoms with Gasteiger partial charge in [-0.25, -0.2) is 4.79 Å². The summed E-state index contributed by atoms with van der Waals surface area (Å²) in [7, 11) is 0. The number of amides is 1. The van der Waals surface area contributed by atoms with Crippen LogP contribution in [0.3, 0.4) is 0 Å². The molecule has 1 aromatic rings. The number of pyridine rings is 1. The highest BCUT2D eigenvalue weighted by atomic mass is 16.6. The van der Waals surface area contributed by atoms with Gasteiger partial charge in [0.2, 0.25) is 0 Å². The van der Waals surface area contributed by atoms with Crippen molar-refractivity contribution in [1.29, 1.82) is 0 Å². The molecular formula is C13H18N2O2. The van der Waals surface area contributed by atoms with Gasteiger partial charge in [-0.05, 0) is 39.3 Å². The van der Waals surface area contributed by atoms with E-state index in [1.165, 1.54) is 0 Å². The van der Waals surface area contributed by atoms with Gasteiger partial charge in [0.05, 0.1) is 11.4 Å². The van der Waals surface area contributed by atoms with E-state index in [1.54, 1.807) is 4.90 Å². The Morgan fingerprint density at radius 3 is 2.82 bits per heavy atom. The van der Waals surface area contributed by atoms with E-state index in [9.17, 15) is 4.79 Å². The molecule has 0 saturated heterocycles. The summed E-state index contributed by atoms with van der Waals surface area (Å²) in [5, 5.41) is 0. The normalized spacial score (nSPS) is 14.7. The third kappa shape index (κ3) is 2.57. The van der Waals surface area contributed by atoms with Gasteiger partial charge in [0.1, 0.15) is 5.60 Å². The van der Waals surface area contributed by atoms with Crippen molar-refractivity contribution in [2.75, 3.05) is 11.4 Å². The van der Waals surface area contributed by atoms with Crippen LogP contribution in [-0.4, -0.2) is 23.2 Å². The first kappa shape index (κ1) is 11.9. The first-order valence-corrected chi connectivity index (χ1v) is 5.83. The molecule has 0 aliphatic carbocycles. The molecule has 1 aliphatic heterocycles. The lowest BCUT2D eigenvalue weighted by molar-refractivity contribution is 0.0584. The molecule has 0 fully saturated rings. The van der Waals surface area contributed by atoms with Crippen LogP contribution in [0, 0.1) is 6.92 Å². The standard InChI is InChI=1S/C13H18N2O2/c1-9-7-11-10(14-8-9)5-6-15(11)12(16)17-13(2,3)4/h7-8H,5-6H2,1-4H3. The van der Waals surface area contributed by atoms with E-state index in [4.69, 9.17) is 4.74 Å². The van der Waals surface area contributed by atoms with Crippen LogP contribution in [0.1, 0.15) is 32.0 Å². The summed E-state index contributed by atoms with van der Waals surface area (Å²) in [6.45, 7) is 8.24. The van der Waals surface area contributed by atoms with Gasteiger partial charge < -0.3 is 4.74 Å². The number of nitrogens with zero attached hydrogens (tertiary/aromatic N) is 2. The Labute approximate surface area is 102 Å². The minimum absolute atomic E-state index is 0.288. The maximum absolute atomic E-state index is 12.0. The fourth-order valence-electron chi connectivity index (χ4n) is 1.85. The lowest BCUT2D eigenvalue weighted by atomic mass is 10.2. The van der Waals surface area contributed by atoms with Crippen molar-refractivity contribution in [3.05, 3.63) is 23.5 Å². The molecule has 4 nitrogen and oxygen atoms in total. The van der Waals surface area contributed by atoms with E-state index in [0.29, 0.717) is 6.54 Å². The molecular weight excluding hydrogens is 216 g/mol. The van der Waals surface area contributed by atoms with E-state index in [-0.39, 0.29) is 6.09 Å². The molecule has 1 aromatic heterocycles. The van der Waals surface area contributed by atoms with E-state index in [1.807, 2.05) is 40.0 Å². The summed E-state index contributed by atoms with van der Waals surface area (Å²) in [6.07, 6.45) is 2.34. The molecule has 0 saturated carbocycles. The number of anilines is 1. The molecule has 17 heavy (non-hydrogen) atoms. The first-order valence-electron chi connectivity index (χ1n) is 5.83. The zero-order chi connectivity index (χ0) is 12.6. The molecule has 1 aliphatic rings. The molecule has 0 unspecified atom stereocenters. The summed E-state index contributed by atoms with van der Waals surface area (Å²) >= 11 is 0. The van der Waals surface area contributed by atoms with Crippen molar-refractivity contribution < 1.29 is 9.53 Å². The van der Waals surface area contributed by atoms with Crippen LogP contribution >= 0.6 is 0 Å². The summed E-state index contributed by atoms with van der Waals surface area (Å²) in [4.78, 5) is 18.0. The lowest BCUT2D eigenvalue weighted by Crippen LogP contribution is -2.35. The minimum atomic E-state index is -0.461. The maximum atomic E-state index is 12.0.